The molecule has 2 rings (SSSR count). The van der Waals surface area contributed by atoms with E-state index in [4.69, 9.17) is 10.6 Å². The van der Waals surface area contributed by atoms with Crippen LogP contribution in [0, 0.1) is 5.82 Å². The number of ether oxygens (including phenoxy) is 1. The fourth-order valence-electron chi connectivity index (χ4n) is 1.11. The summed E-state index contributed by atoms with van der Waals surface area (Å²) in [5, 5.41) is 0. The summed E-state index contributed by atoms with van der Waals surface area (Å²) in [5.74, 6) is 4.83. The molecule has 0 radical (unpaired) electrons. The van der Waals surface area contributed by atoms with Gasteiger partial charge in [-0.05, 0) is 24.3 Å². The van der Waals surface area contributed by atoms with E-state index in [0.717, 1.165) is 10.7 Å². The molecule has 0 fully saturated rings. The quantitative estimate of drug-likeness (QED) is 0.673. The predicted octanol–water partition coefficient (Wildman–Crippen LogP) is 2.46. The number of rotatable bonds is 3. The maximum absolute atomic E-state index is 13.3. The number of hydrogen-bond donors (Lipinski definition) is 2. The van der Waals surface area contributed by atoms with Crippen LogP contribution >= 0.6 is 15.9 Å². The fourth-order valence-corrected chi connectivity index (χ4v) is 1.37. The second kappa shape index (κ2) is 5.07. The Morgan fingerprint density at radius 1 is 1.29 bits per heavy atom. The van der Waals surface area contributed by atoms with Crippen molar-refractivity contribution in [2.24, 2.45) is 5.84 Å². The molecule has 0 spiro atoms. The molecular formula is C10H8BrFN4O. The van der Waals surface area contributed by atoms with Crippen LogP contribution in [0.1, 0.15) is 0 Å². The summed E-state index contributed by atoms with van der Waals surface area (Å²) < 4.78 is 19.5. The van der Waals surface area contributed by atoms with Crippen LogP contribution in [0.25, 0.3) is 0 Å². The lowest BCUT2D eigenvalue weighted by Gasteiger charge is -2.06. The third kappa shape index (κ3) is 2.89. The summed E-state index contributed by atoms with van der Waals surface area (Å²) in [6.07, 6.45) is 0.983. The van der Waals surface area contributed by atoms with Gasteiger partial charge in [-0.25, -0.2) is 10.8 Å². The van der Waals surface area contributed by atoms with Crippen molar-refractivity contribution in [2.45, 2.75) is 0 Å². The number of nitrogens with one attached hydrogen (secondary N) is 1. The first-order valence-corrected chi connectivity index (χ1v) is 5.41. The van der Waals surface area contributed by atoms with Crippen molar-refractivity contribution in [3.8, 4) is 11.6 Å². The summed E-state index contributed by atoms with van der Waals surface area (Å²) in [5.41, 5.74) is 2.21. The maximum atomic E-state index is 13.3. The van der Waals surface area contributed by atoms with Crippen molar-refractivity contribution in [1.82, 2.24) is 9.97 Å². The molecule has 1 aromatic heterocycles. The van der Waals surface area contributed by atoms with Crippen molar-refractivity contribution in [1.29, 1.82) is 0 Å². The molecule has 0 bridgehead atoms. The highest BCUT2D eigenvalue weighted by molar-refractivity contribution is 9.10. The number of nitrogens with two attached hydrogens (primary N) is 1. The first-order chi connectivity index (χ1) is 8.19. The van der Waals surface area contributed by atoms with Crippen molar-refractivity contribution in [3.05, 3.63) is 40.8 Å². The summed E-state index contributed by atoms with van der Waals surface area (Å²) in [4.78, 5) is 7.36. The normalized spacial score (nSPS) is 10.1. The zero-order valence-corrected chi connectivity index (χ0v) is 10.1. The standard InChI is InChI=1S/C10H8BrFN4O/c11-6-1-3-7(4-2-6)17-9-8(12)5-14-10(15-9)16-13/h1-5H,13H2,(H,14,15,16). The molecule has 0 atom stereocenters. The van der Waals surface area contributed by atoms with Crippen LogP contribution in [0.4, 0.5) is 10.3 Å². The lowest BCUT2D eigenvalue weighted by atomic mass is 10.3. The molecule has 0 aliphatic carbocycles. The molecule has 0 amide bonds. The van der Waals surface area contributed by atoms with E-state index in [1.165, 1.54) is 0 Å². The Kier molecular flexibility index (Phi) is 3.50. The molecule has 2 aromatic rings. The predicted molar refractivity (Wildman–Crippen MR) is 64.0 cm³/mol. The van der Waals surface area contributed by atoms with Crippen molar-refractivity contribution < 1.29 is 9.13 Å². The number of nitrogen functional groups attached to an aromatic ring is 1. The van der Waals surface area contributed by atoms with E-state index >= 15 is 0 Å². The number of aromatic nitrogens is 2. The second-order valence-corrected chi connectivity index (χ2v) is 3.96. The van der Waals surface area contributed by atoms with Crippen LogP contribution in [-0.2, 0) is 0 Å². The molecule has 1 aromatic carbocycles. The summed E-state index contributed by atoms with van der Waals surface area (Å²) in [6.45, 7) is 0. The lowest BCUT2D eigenvalue weighted by molar-refractivity contribution is 0.420. The summed E-state index contributed by atoms with van der Waals surface area (Å²) in [7, 11) is 0. The van der Waals surface area contributed by atoms with Crippen molar-refractivity contribution >= 4 is 21.9 Å². The van der Waals surface area contributed by atoms with Crippen molar-refractivity contribution in [3.63, 3.8) is 0 Å². The molecule has 3 N–H and O–H groups in total. The zero-order valence-electron chi connectivity index (χ0n) is 8.52. The molecule has 1 heterocycles. The van der Waals surface area contributed by atoms with Gasteiger partial charge in [-0.2, -0.15) is 9.37 Å². The summed E-state index contributed by atoms with van der Waals surface area (Å²) >= 11 is 3.29. The number of benzene rings is 1. The number of hydrazine groups is 1. The van der Waals surface area contributed by atoms with Crippen LogP contribution in [0.5, 0.6) is 11.6 Å². The van der Waals surface area contributed by atoms with Crippen LogP contribution in [0.2, 0.25) is 0 Å². The highest BCUT2D eigenvalue weighted by Gasteiger charge is 2.08. The Morgan fingerprint density at radius 2 is 2.00 bits per heavy atom. The van der Waals surface area contributed by atoms with E-state index in [1.807, 2.05) is 0 Å². The van der Waals surface area contributed by atoms with Gasteiger partial charge >= 0.3 is 0 Å². The minimum absolute atomic E-state index is 0.0820. The van der Waals surface area contributed by atoms with Crippen LogP contribution in [0.3, 0.4) is 0 Å². The van der Waals surface area contributed by atoms with E-state index in [0.29, 0.717) is 5.75 Å². The van der Waals surface area contributed by atoms with Crippen molar-refractivity contribution in [2.75, 3.05) is 5.43 Å². The molecule has 0 saturated heterocycles. The third-order valence-electron chi connectivity index (χ3n) is 1.87. The van der Waals surface area contributed by atoms with Crippen LogP contribution in [0.15, 0.2) is 34.9 Å². The first kappa shape index (κ1) is 11.7. The lowest BCUT2D eigenvalue weighted by Crippen LogP contribution is -2.11. The Labute approximate surface area is 105 Å². The second-order valence-electron chi connectivity index (χ2n) is 3.05. The summed E-state index contributed by atoms with van der Waals surface area (Å²) in [6, 6.07) is 6.91. The van der Waals surface area contributed by atoms with Gasteiger partial charge in [-0.3, -0.25) is 5.43 Å². The Bertz CT molecular complexity index is 520. The monoisotopic (exact) mass is 298 g/mol. The van der Waals surface area contributed by atoms with E-state index in [1.54, 1.807) is 24.3 Å². The minimum atomic E-state index is -0.660. The molecule has 5 nitrogen and oxygen atoms in total. The Hall–Kier alpha value is -1.73. The molecular weight excluding hydrogens is 291 g/mol. The minimum Gasteiger partial charge on any atom is -0.436 e. The Morgan fingerprint density at radius 3 is 2.65 bits per heavy atom. The van der Waals surface area contributed by atoms with Gasteiger partial charge in [0.15, 0.2) is 0 Å². The van der Waals surface area contributed by atoms with E-state index in [9.17, 15) is 4.39 Å². The van der Waals surface area contributed by atoms with Gasteiger partial charge in [-0.1, -0.05) is 15.9 Å². The fraction of sp³-hybridized carbons (Fsp3) is 0. The average Bonchev–Trinajstić information content (AvgIpc) is 2.35. The zero-order chi connectivity index (χ0) is 12.3. The first-order valence-electron chi connectivity index (χ1n) is 4.61. The van der Waals surface area contributed by atoms with Crippen LogP contribution in [-0.4, -0.2) is 9.97 Å². The third-order valence-corrected chi connectivity index (χ3v) is 2.40. The van der Waals surface area contributed by atoms with Gasteiger partial charge in [0, 0.05) is 4.47 Å². The Balaban J connectivity index is 2.25. The van der Waals surface area contributed by atoms with Gasteiger partial charge in [0.2, 0.25) is 11.8 Å². The molecule has 0 unspecified atom stereocenters. The topological polar surface area (TPSA) is 73.1 Å². The van der Waals surface area contributed by atoms with E-state index in [2.05, 4.69) is 31.3 Å². The molecule has 0 saturated carbocycles. The molecule has 0 aliphatic rings. The maximum Gasteiger partial charge on any atom is 0.260 e. The van der Waals surface area contributed by atoms with E-state index < -0.39 is 5.82 Å². The molecule has 17 heavy (non-hydrogen) atoms. The van der Waals surface area contributed by atoms with E-state index in [-0.39, 0.29) is 11.8 Å². The number of hydrogen-bond acceptors (Lipinski definition) is 5. The van der Waals surface area contributed by atoms with Gasteiger partial charge < -0.3 is 4.74 Å². The molecule has 7 heteroatoms. The van der Waals surface area contributed by atoms with Gasteiger partial charge in [0.25, 0.3) is 5.88 Å². The smallest absolute Gasteiger partial charge is 0.260 e. The van der Waals surface area contributed by atoms with Gasteiger partial charge in [-0.15, -0.1) is 0 Å². The highest BCUT2D eigenvalue weighted by Crippen LogP contribution is 2.24. The molecule has 88 valence electrons. The number of nitrogens with zero attached hydrogens (tertiary/aromatic N) is 2. The highest BCUT2D eigenvalue weighted by atomic mass is 79.9. The molecule has 0 aliphatic heterocycles. The SMILES string of the molecule is NNc1ncc(F)c(Oc2ccc(Br)cc2)n1. The van der Waals surface area contributed by atoms with Gasteiger partial charge in [0.1, 0.15) is 5.75 Å². The number of halogens is 2. The largest absolute Gasteiger partial charge is 0.436 e. The van der Waals surface area contributed by atoms with Gasteiger partial charge in [0.05, 0.1) is 6.20 Å². The van der Waals surface area contributed by atoms with Crippen LogP contribution < -0.4 is 16.0 Å². The number of anilines is 1. The average molecular weight is 299 g/mol.